The molecule has 0 aliphatic heterocycles. The molecule has 0 radical (unpaired) electrons. The van der Waals surface area contributed by atoms with Crippen molar-refractivity contribution in [3.8, 4) is 0 Å². The molecule has 0 aromatic heterocycles. The Morgan fingerprint density at radius 1 is 1.05 bits per heavy atom. The summed E-state index contributed by atoms with van der Waals surface area (Å²) in [6.45, 7) is 7.47. The van der Waals surface area contributed by atoms with Crippen LogP contribution in [0.15, 0.2) is 42.5 Å². The molecule has 0 fully saturated rings. The first kappa shape index (κ1) is 15.5. The van der Waals surface area contributed by atoms with Gasteiger partial charge < -0.3 is 5.32 Å². The third kappa shape index (κ3) is 3.83. The van der Waals surface area contributed by atoms with Gasteiger partial charge >= 0.3 is 0 Å². The van der Waals surface area contributed by atoms with Crippen LogP contribution in [0.5, 0.6) is 0 Å². The summed E-state index contributed by atoms with van der Waals surface area (Å²) in [7, 11) is 0. The maximum Gasteiger partial charge on any atom is 0.0371 e. The molecule has 1 nitrogen and oxygen atoms in total. The van der Waals surface area contributed by atoms with E-state index in [1.54, 1.807) is 0 Å². The molecule has 1 unspecified atom stereocenters. The van der Waals surface area contributed by atoms with Crippen LogP contribution in [0.4, 0.5) is 0 Å². The van der Waals surface area contributed by atoms with Crippen LogP contribution in [-0.4, -0.2) is 6.54 Å². The molecule has 0 heterocycles. The van der Waals surface area contributed by atoms with Crippen molar-refractivity contribution in [2.24, 2.45) is 0 Å². The van der Waals surface area contributed by atoms with Gasteiger partial charge in [-0.05, 0) is 66.1 Å². The SMILES string of the molecule is CCNC(Cc1ccc(C)cc1)c1cccc(C)c1I. The molecular weight excluding hydrogens is 357 g/mol. The Morgan fingerprint density at radius 2 is 1.75 bits per heavy atom. The highest BCUT2D eigenvalue weighted by molar-refractivity contribution is 14.1. The highest BCUT2D eigenvalue weighted by Gasteiger charge is 2.15. The van der Waals surface area contributed by atoms with Crippen LogP contribution < -0.4 is 5.32 Å². The van der Waals surface area contributed by atoms with Crippen molar-refractivity contribution in [3.63, 3.8) is 0 Å². The first-order valence-electron chi connectivity index (χ1n) is 7.15. The van der Waals surface area contributed by atoms with Crippen LogP contribution in [0.3, 0.4) is 0 Å². The quantitative estimate of drug-likeness (QED) is 0.736. The van der Waals surface area contributed by atoms with E-state index in [0.29, 0.717) is 6.04 Å². The van der Waals surface area contributed by atoms with Gasteiger partial charge in [0.05, 0.1) is 0 Å². The van der Waals surface area contributed by atoms with E-state index in [4.69, 9.17) is 0 Å². The number of halogens is 1. The van der Waals surface area contributed by atoms with E-state index in [-0.39, 0.29) is 0 Å². The fraction of sp³-hybridized carbons (Fsp3) is 0.333. The van der Waals surface area contributed by atoms with Crippen LogP contribution in [-0.2, 0) is 6.42 Å². The van der Waals surface area contributed by atoms with Gasteiger partial charge in [-0.25, -0.2) is 0 Å². The van der Waals surface area contributed by atoms with E-state index in [1.807, 2.05) is 0 Å². The zero-order valence-electron chi connectivity index (χ0n) is 12.4. The molecule has 0 aliphatic rings. The van der Waals surface area contributed by atoms with Crippen LogP contribution in [0.1, 0.15) is 35.2 Å². The largest absolute Gasteiger partial charge is 0.310 e. The number of likely N-dealkylation sites (N-methyl/N-ethyl adjacent to an activating group) is 1. The Bertz CT molecular complexity index is 560. The Morgan fingerprint density at radius 3 is 2.40 bits per heavy atom. The summed E-state index contributed by atoms with van der Waals surface area (Å²) in [4.78, 5) is 0. The van der Waals surface area contributed by atoms with Gasteiger partial charge in [0.1, 0.15) is 0 Å². The van der Waals surface area contributed by atoms with E-state index in [1.165, 1.54) is 25.8 Å². The Balaban J connectivity index is 2.26. The average molecular weight is 379 g/mol. The first-order valence-corrected chi connectivity index (χ1v) is 8.23. The van der Waals surface area contributed by atoms with Crippen LogP contribution in [0.25, 0.3) is 0 Å². The van der Waals surface area contributed by atoms with E-state index < -0.39 is 0 Å². The molecule has 0 aliphatic carbocycles. The molecule has 0 spiro atoms. The van der Waals surface area contributed by atoms with E-state index >= 15 is 0 Å². The topological polar surface area (TPSA) is 12.0 Å². The monoisotopic (exact) mass is 379 g/mol. The van der Waals surface area contributed by atoms with Crippen LogP contribution in [0.2, 0.25) is 0 Å². The second kappa shape index (κ2) is 7.23. The van der Waals surface area contributed by atoms with E-state index in [0.717, 1.165) is 13.0 Å². The van der Waals surface area contributed by atoms with Crippen molar-refractivity contribution in [2.75, 3.05) is 6.54 Å². The van der Waals surface area contributed by atoms with Crippen molar-refractivity contribution in [1.29, 1.82) is 0 Å². The lowest BCUT2D eigenvalue weighted by atomic mass is 9.97. The second-order valence-corrected chi connectivity index (χ2v) is 6.36. The summed E-state index contributed by atoms with van der Waals surface area (Å²) in [6.07, 6.45) is 1.04. The molecule has 2 heteroatoms. The normalized spacial score (nSPS) is 12.4. The summed E-state index contributed by atoms with van der Waals surface area (Å²) in [5, 5.41) is 3.63. The van der Waals surface area contributed by atoms with Gasteiger partial charge in [-0.15, -0.1) is 0 Å². The predicted molar refractivity (Wildman–Crippen MR) is 95.2 cm³/mol. The summed E-state index contributed by atoms with van der Waals surface area (Å²) < 4.78 is 1.38. The van der Waals surface area contributed by atoms with Gasteiger partial charge in [0, 0.05) is 9.61 Å². The van der Waals surface area contributed by atoms with Gasteiger partial charge in [0.25, 0.3) is 0 Å². The number of benzene rings is 2. The minimum Gasteiger partial charge on any atom is -0.310 e. The van der Waals surface area contributed by atoms with E-state index in [2.05, 4.69) is 91.1 Å². The Hall–Kier alpha value is -0.870. The molecule has 106 valence electrons. The molecule has 2 rings (SSSR count). The molecule has 1 N–H and O–H groups in total. The lowest BCUT2D eigenvalue weighted by Gasteiger charge is -2.21. The number of hydrogen-bond donors (Lipinski definition) is 1. The predicted octanol–water partition coefficient (Wildman–Crippen LogP) is 4.80. The number of aryl methyl sites for hydroxylation is 2. The summed E-state index contributed by atoms with van der Waals surface area (Å²) in [6, 6.07) is 15.8. The average Bonchev–Trinajstić information content (AvgIpc) is 2.44. The molecule has 1 atom stereocenters. The maximum atomic E-state index is 3.63. The molecule has 2 aromatic carbocycles. The standard InChI is InChI=1S/C18H22IN/c1-4-20-17(12-15-10-8-13(2)9-11-15)16-7-5-6-14(3)18(16)19/h5-11,17,20H,4,12H2,1-3H3. The van der Waals surface area contributed by atoms with Gasteiger partial charge in [0.15, 0.2) is 0 Å². The lowest BCUT2D eigenvalue weighted by molar-refractivity contribution is 0.547. The van der Waals surface area contributed by atoms with Crippen molar-refractivity contribution in [3.05, 3.63) is 68.3 Å². The third-order valence-corrected chi connectivity index (χ3v) is 5.08. The highest BCUT2D eigenvalue weighted by Crippen LogP contribution is 2.26. The molecule has 0 amide bonds. The zero-order valence-corrected chi connectivity index (χ0v) is 14.6. The third-order valence-electron chi connectivity index (χ3n) is 3.61. The van der Waals surface area contributed by atoms with Crippen LogP contribution in [0, 0.1) is 17.4 Å². The summed E-state index contributed by atoms with van der Waals surface area (Å²) in [5.74, 6) is 0. The van der Waals surface area contributed by atoms with Gasteiger partial charge in [-0.3, -0.25) is 0 Å². The van der Waals surface area contributed by atoms with Crippen molar-refractivity contribution < 1.29 is 0 Å². The molecular formula is C18H22IN. The van der Waals surface area contributed by atoms with Crippen molar-refractivity contribution >= 4 is 22.6 Å². The van der Waals surface area contributed by atoms with Crippen molar-refractivity contribution in [1.82, 2.24) is 5.32 Å². The Kier molecular flexibility index (Phi) is 5.61. The molecule has 0 saturated carbocycles. The van der Waals surface area contributed by atoms with Gasteiger partial charge in [-0.2, -0.15) is 0 Å². The number of rotatable bonds is 5. The maximum absolute atomic E-state index is 3.63. The van der Waals surface area contributed by atoms with E-state index in [9.17, 15) is 0 Å². The zero-order chi connectivity index (χ0) is 14.5. The number of hydrogen-bond acceptors (Lipinski definition) is 1. The fourth-order valence-electron chi connectivity index (χ4n) is 2.44. The highest BCUT2D eigenvalue weighted by atomic mass is 127. The minimum atomic E-state index is 0.384. The van der Waals surface area contributed by atoms with Gasteiger partial charge in [0.2, 0.25) is 0 Å². The fourth-order valence-corrected chi connectivity index (χ4v) is 3.17. The molecule has 0 saturated heterocycles. The smallest absolute Gasteiger partial charge is 0.0371 e. The molecule has 20 heavy (non-hydrogen) atoms. The Labute approximate surface area is 135 Å². The van der Waals surface area contributed by atoms with Crippen molar-refractivity contribution in [2.45, 2.75) is 33.2 Å². The lowest BCUT2D eigenvalue weighted by Crippen LogP contribution is -2.24. The summed E-state index contributed by atoms with van der Waals surface area (Å²) >= 11 is 2.47. The van der Waals surface area contributed by atoms with Gasteiger partial charge in [-0.1, -0.05) is 55.0 Å². The minimum absolute atomic E-state index is 0.384. The van der Waals surface area contributed by atoms with Crippen LogP contribution >= 0.6 is 22.6 Å². The molecule has 0 bridgehead atoms. The first-order chi connectivity index (χ1) is 9.61. The second-order valence-electron chi connectivity index (χ2n) is 5.28. The molecule has 2 aromatic rings. The number of nitrogens with one attached hydrogen (secondary N) is 1. The summed E-state index contributed by atoms with van der Waals surface area (Å²) in [5.41, 5.74) is 5.47.